The van der Waals surface area contributed by atoms with Crippen molar-refractivity contribution in [1.29, 1.82) is 0 Å². The van der Waals surface area contributed by atoms with Gasteiger partial charge in [-0.25, -0.2) is 10.5 Å². The molecule has 13 nitrogen and oxygen atoms in total. The highest BCUT2D eigenvalue weighted by Crippen LogP contribution is 2.49. The van der Waals surface area contributed by atoms with Gasteiger partial charge in [-0.1, -0.05) is 67.6 Å². The Labute approximate surface area is 354 Å². The van der Waals surface area contributed by atoms with Gasteiger partial charge in [0.25, 0.3) is 10.1 Å². The van der Waals surface area contributed by atoms with Gasteiger partial charge in [0.15, 0.2) is 5.71 Å². The first-order valence-corrected chi connectivity index (χ1v) is 22.6. The summed E-state index contributed by atoms with van der Waals surface area (Å²) in [6, 6.07) is 19.0. The van der Waals surface area contributed by atoms with Gasteiger partial charge in [0.2, 0.25) is 5.69 Å². The van der Waals surface area contributed by atoms with Gasteiger partial charge in [0, 0.05) is 76.6 Å². The molecule has 0 saturated carbocycles. The summed E-state index contributed by atoms with van der Waals surface area (Å²) in [5, 5.41) is 34.2. The Bertz CT molecular complexity index is 2220. The molecule has 0 aliphatic carbocycles. The van der Waals surface area contributed by atoms with Crippen LogP contribution in [0.1, 0.15) is 95.4 Å². The highest BCUT2D eigenvalue weighted by molar-refractivity contribution is 7.94. The van der Waals surface area contributed by atoms with Crippen molar-refractivity contribution >= 4 is 62.8 Å². The highest BCUT2D eigenvalue weighted by Gasteiger charge is 2.45. The topological polar surface area (TPSA) is 175 Å². The predicted octanol–water partition coefficient (Wildman–Crippen LogP) is 10.1. The van der Waals surface area contributed by atoms with Crippen molar-refractivity contribution in [1.82, 2.24) is 0 Å². The molecule has 0 unspecified atom stereocenters. The summed E-state index contributed by atoms with van der Waals surface area (Å²) >= 11 is 1.90. The van der Waals surface area contributed by atoms with Crippen LogP contribution in [-0.4, -0.2) is 63.7 Å². The van der Waals surface area contributed by atoms with Gasteiger partial charge in [-0.05, 0) is 104 Å². The largest absolute Gasteiger partial charge is 0.481 e. The molecule has 0 spiro atoms. The van der Waals surface area contributed by atoms with E-state index in [1.807, 2.05) is 24.3 Å². The highest BCUT2D eigenvalue weighted by atomic mass is 32.2. The number of aryl methyl sites for hydroxylation is 1. The number of carbonyl (C=O) groups is 1. The molecule has 0 bridgehead atoms. The molecule has 3 aromatic carbocycles. The number of carboxylic acid groups (broad SMARTS) is 1. The summed E-state index contributed by atoms with van der Waals surface area (Å²) in [6.07, 6.45) is 13.2. The second kappa shape index (κ2) is 20.6. The van der Waals surface area contributed by atoms with E-state index in [-0.39, 0.29) is 11.3 Å². The van der Waals surface area contributed by atoms with E-state index in [4.69, 9.17) is 20.0 Å². The van der Waals surface area contributed by atoms with Crippen LogP contribution in [0.3, 0.4) is 0 Å². The van der Waals surface area contributed by atoms with Crippen LogP contribution in [0, 0.1) is 0 Å². The third kappa shape index (κ3) is 11.3. The maximum absolute atomic E-state index is 12.2. The Balaban J connectivity index is 1.63. The fourth-order valence-corrected chi connectivity index (χ4v) is 9.07. The number of rotatable bonds is 22. The minimum Gasteiger partial charge on any atom is -0.481 e. The third-order valence-electron chi connectivity index (χ3n) is 10.8. The average molecular weight is 870 g/mol. The molecular weight excluding hydrogens is 817 g/mol. The van der Waals surface area contributed by atoms with Gasteiger partial charge in [-0.2, -0.15) is 13.0 Å². The zero-order valence-electron chi connectivity index (χ0n) is 33.9. The monoisotopic (exact) mass is 869 g/mol. The van der Waals surface area contributed by atoms with Crippen molar-refractivity contribution in [3.63, 3.8) is 0 Å². The first-order chi connectivity index (χ1) is 28.1. The Morgan fingerprint density at radius 1 is 0.915 bits per heavy atom. The number of aliphatic carboxylic acids is 1. The number of carboxylic acids is 1. The molecule has 318 valence electrons. The first kappa shape index (κ1) is 46.3. The molecule has 0 aromatic heterocycles. The lowest BCUT2D eigenvalue weighted by molar-refractivity contribution is -0.438. The van der Waals surface area contributed by atoms with Gasteiger partial charge in [0.05, 0.1) is 22.4 Å². The first-order valence-electron chi connectivity index (χ1n) is 19.5. The van der Waals surface area contributed by atoms with Crippen molar-refractivity contribution in [2.45, 2.75) is 100 Å². The molecule has 0 radical (unpaired) electrons. The van der Waals surface area contributed by atoms with Gasteiger partial charge in [0.1, 0.15) is 6.54 Å². The molecule has 3 aromatic rings. The second-order valence-corrected chi connectivity index (χ2v) is 18.5. The molecule has 59 heavy (non-hydrogen) atoms. The van der Waals surface area contributed by atoms with E-state index in [2.05, 4.69) is 101 Å². The zero-order chi connectivity index (χ0) is 42.8. The van der Waals surface area contributed by atoms with Crippen molar-refractivity contribution in [2.24, 2.45) is 0 Å². The summed E-state index contributed by atoms with van der Waals surface area (Å²) in [6.45, 7) is 11.9. The molecule has 0 fully saturated rings. The minimum atomic E-state index is -4.41. The van der Waals surface area contributed by atoms with Crippen LogP contribution in [-0.2, 0) is 50.9 Å². The molecule has 2 heterocycles. The third-order valence-corrected chi connectivity index (χ3v) is 12.9. The molecule has 4 N–H and O–H groups in total. The standard InChI is InChI=1S/C43H52N2O11S3/c1-6-7-24-44-38-21-19-34(59(50,51)52)29-36(38)43(4,5)40(44)23-17-31(32-14-10-13-30(27-32)12-8-9-15-41(46)47)16-22-39-42(2,3)35-28-33(58-56-54-49)18-20-37(35)45(39)25-11-26-57-55-53-48/h10,13-14,16-23,27-29H,6-9,11-12,15,24-26H2,1-5H3,(H3-,46,47,48,49,50,51,52)/p+1. The second-order valence-electron chi connectivity index (χ2n) is 15.5. The van der Waals surface area contributed by atoms with Crippen molar-refractivity contribution in [2.75, 3.05) is 23.7 Å². The summed E-state index contributed by atoms with van der Waals surface area (Å²) in [5.74, 6) is -0.255. The molecule has 16 heteroatoms. The van der Waals surface area contributed by atoms with E-state index < -0.39 is 26.9 Å². The minimum absolute atomic E-state index is 0.121. The summed E-state index contributed by atoms with van der Waals surface area (Å²) in [7, 11) is -4.41. The van der Waals surface area contributed by atoms with Crippen LogP contribution < -0.4 is 4.90 Å². The van der Waals surface area contributed by atoms with Crippen LogP contribution >= 0.6 is 24.1 Å². The maximum atomic E-state index is 12.2. The number of allylic oxidation sites excluding steroid dienone is 6. The predicted molar refractivity (Wildman–Crippen MR) is 230 cm³/mol. The van der Waals surface area contributed by atoms with Crippen LogP contribution in [0.15, 0.2) is 100 Å². The molecule has 2 aliphatic heterocycles. The lowest BCUT2D eigenvalue weighted by Crippen LogP contribution is -2.28. The normalized spacial score (nSPS) is 16.7. The van der Waals surface area contributed by atoms with Gasteiger partial charge in [-0.3, -0.25) is 9.35 Å². The number of hydrogen-bond donors (Lipinski definition) is 4. The molecule has 0 amide bonds. The van der Waals surface area contributed by atoms with Crippen LogP contribution in [0.5, 0.6) is 0 Å². The Hall–Kier alpha value is -3.81. The Kier molecular flexibility index (Phi) is 16.2. The van der Waals surface area contributed by atoms with E-state index >= 15 is 0 Å². The Morgan fingerprint density at radius 3 is 2.41 bits per heavy atom. The number of fused-ring (bicyclic) bond motifs is 2. The number of anilines is 1. The lowest BCUT2D eigenvalue weighted by Gasteiger charge is -2.27. The maximum Gasteiger partial charge on any atom is 0.303 e. The fraction of sp³-hybridized carbons (Fsp3) is 0.395. The summed E-state index contributed by atoms with van der Waals surface area (Å²) in [4.78, 5) is 14.0. The molecule has 5 rings (SSSR count). The van der Waals surface area contributed by atoms with Crippen molar-refractivity contribution in [3.8, 4) is 0 Å². The van der Waals surface area contributed by atoms with Crippen molar-refractivity contribution < 1.29 is 56.7 Å². The quantitative estimate of drug-likeness (QED) is 0.0143. The van der Waals surface area contributed by atoms with Gasteiger partial charge in [-0.15, -0.1) is 8.67 Å². The molecule has 0 saturated heterocycles. The van der Waals surface area contributed by atoms with Crippen LogP contribution in [0.4, 0.5) is 11.4 Å². The van der Waals surface area contributed by atoms with E-state index in [1.165, 1.54) is 6.07 Å². The number of nitrogens with zero attached hydrogens (tertiary/aromatic N) is 2. The molecular formula is C43H53N2O11S3+. The number of benzene rings is 3. The lowest BCUT2D eigenvalue weighted by atomic mass is 9.81. The van der Waals surface area contributed by atoms with Gasteiger partial charge < -0.3 is 10.0 Å². The fourth-order valence-electron chi connectivity index (χ4n) is 7.81. The van der Waals surface area contributed by atoms with E-state index in [0.29, 0.717) is 25.1 Å². The smallest absolute Gasteiger partial charge is 0.303 e. The zero-order valence-corrected chi connectivity index (χ0v) is 36.4. The number of hydrogen-bond acceptors (Lipinski definition) is 12. The average Bonchev–Trinajstić information content (AvgIpc) is 3.54. The molecule has 2 aliphatic rings. The van der Waals surface area contributed by atoms with Crippen molar-refractivity contribution in [3.05, 3.63) is 113 Å². The summed E-state index contributed by atoms with van der Waals surface area (Å²) < 4.78 is 46.0. The Morgan fingerprint density at radius 2 is 1.69 bits per heavy atom. The van der Waals surface area contributed by atoms with Crippen LogP contribution in [0.2, 0.25) is 0 Å². The number of unbranched alkanes of at least 4 members (excludes halogenated alkanes) is 2. The van der Waals surface area contributed by atoms with E-state index in [0.717, 1.165) is 112 Å². The van der Waals surface area contributed by atoms with Crippen LogP contribution in [0.25, 0.3) is 5.57 Å². The van der Waals surface area contributed by atoms with Gasteiger partial charge >= 0.3 is 5.97 Å². The SMILES string of the molecule is CCCCN1/C(=C/C=C(/C=C/C2=[N+](CCCSOOO)c3ccc(SOOO)cc3C2(C)C)c2cccc(CCCCC(=O)O)c2)C(C)(C)c2cc(S(=O)(=O)O)ccc21. The van der Waals surface area contributed by atoms with E-state index in [9.17, 15) is 17.8 Å². The summed E-state index contributed by atoms with van der Waals surface area (Å²) in [5.41, 5.74) is 7.65. The van der Waals surface area contributed by atoms with E-state index in [1.54, 1.807) is 12.1 Å². The molecule has 0 atom stereocenters.